The minimum absolute atomic E-state index is 0.211. The summed E-state index contributed by atoms with van der Waals surface area (Å²) in [5.74, 6) is 0.155. The van der Waals surface area contributed by atoms with E-state index in [0.29, 0.717) is 31.0 Å². The Kier molecular flexibility index (Phi) is 6.13. The summed E-state index contributed by atoms with van der Waals surface area (Å²) in [6.07, 6.45) is 2.64. The molecule has 0 unspecified atom stereocenters. The maximum Gasteiger partial charge on any atom is 0.305 e. The molecule has 27 heavy (non-hydrogen) atoms. The molecule has 0 saturated carbocycles. The fraction of sp³-hybridized carbons (Fsp3) is 0.250. The highest BCUT2D eigenvalue weighted by atomic mass is 32.2. The Balaban J connectivity index is 1.63. The summed E-state index contributed by atoms with van der Waals surface area (Å²) in [6.45, 7) is 2.61. The van der Waals surface area contributed by atoms with Gasteiger partial charge >= 0.3 is 5.97 Å². The Hall–Kier alpha value is -2.80. The fourth-order valence-corrected chi connectivity index (χ4v) is 3.32. The van der Waals surface area contributed by atoms with Crippen LogP contribution in [0, 0.1) is 0 Å². The molecule has 7 heteroatoms. The number of benzene rings is 2. The van der Waals surface area contributed by atoms with E-state index in [1.54, 1.807) is 13.0 Å². The largest absolute Gasteiger partial charge is 0.494 e. The first-order valence-corrected chi connectivity index (χ1v) is 9.44. The van der Waals surface area contributed by atoms with Gasteiger partial charge in [-0.1, -0.05) is 18.2 Å². The number of nitrogens with one attached hydrogen (secondary N) is 1. The Labute approximate surface area is 160 Å². The van der Waals surface area contributed by atoms with Crippen LogP contribution in [0.15, 0.2) is 41.3 Å². The third kappa shape index (κ3) is 5.10. The topological polar surface area (TPSA) is 81.7 Å². The van der Waals surface area contributed by atoms with E-state index in [2.05, 4.69) is 5.32 Å². The average molecular weight is 385 g/mol. The first-order valence-electron chi connectivity index (χ1n) is 8.62. The first kappa shape index (κ1) is 19.0. The van der Waals surface area contributed by atoms with Crippen LogP contribution in [0.4, 0.5) is 4.79 Å². The standard InChI is InChI=1S/C20H19NO5S/c1-2-25-18(22)4-3-9-26-16-8-7-14-10-13(5-6-15(14)12-16)11-17-19(23)21-20(24)27-17/h5-8,10-12H,2-4,9H2,1H3,(H,21,23,24)/b17-11+. The van der Waals surface area contributed by atoms with Crippen LogP contribution in [-0.4, -0.2) is 30.3 Å². The van der Waals surface area contributed by atoms with Crippen molar-refractivity contribution in [2.75, 3.05) is 13.2 Å². The molecule has 2 aromatic carbocycles. The van der Waals surface area contributed by atoms with Gasteiger partial charge in [0, 0.05) is 6.42 Å². The SMILES string of the molecule is CCOC(=O)CCCOc1ccc2cc(/C=C3/SC(=O)NC3=O)ccc2c1. The van der Waals surface area contributed by atoms with Crippen LogP contribution in [0.2, 0.25) is 0 Å². The van der Waals surface area contributed by atoms with Gasteiger partial charge in [0.05, 0.1) is 18.1 Å². The molecule has 6 nitrogen and oxygen atoms in total. The van der Waals surface area contributed by atoms with Crippen molar-refractivity contribution in [2.24, 2.45) is 0 Å². The Morgan fingerprint density at radius 2 is 1.93 bits per heavy atom. The Bertz CT molecular complexity index is 922. The summed E-state index contributed by atoms with van der Waals surface area (Å²) in [4.78, 5) is 34.6. The van der Waals surface area contributed by atoms with Crippen LogP contribution in [0.5, 0.6) is 5.75 Å². The third-order valence-electron chi connectivity index (χ3n) is 3.87. The molecule has 1 heterocycles. The van der Waals surface area contributed by atoms with E-state index in [1.807, 2.05) is 36.4 Å². The number of carbonyl (C=O) groups excluding carboxylic acids is 3. The highest BCUT2D eigenvalue weighted by molar-refractivity contribution is 8.18. The van der Waals surface area contributed by atoms with Crippen molar-refractivity contribution in [3.63, 3.8) is 0 Å². The summed E-state index contributed by atoms with van der Waals surface area (Å²) in [5, 5.41) is 3.89. The van der Waals surface area contributed by atoms with Gasteiger partial charge in [-0.3, -0.25) is 19.7 Å². The number of carbonyl (C=O) groups is 3. The minimum atomic E-state index is -0.364. The lowest BCUT2D eigenvalue weighted by Crippen LogP contribution is -2.17. The third-order valence-corrected chi connectivity index (χ3v) is 4.69. The van der Waals surface area contributed by atoms with Gasteiger partial charge in [0.1, 0.15) is 5.75 Å². The second-order valence-electron chi connectivity index (χ2n) is 5.88. The molecule has 0 bridgehead atoms. The lowest BCUT2D eigenvalue weighted by atomic mass is 10.1. The van der Waals surface area contributed by atoms with Gasteiger partial charge in [-0.25, -0.2) is 0 Å². The minimum Gasteiger partial charge on any atom is -0.494 e. The zero-order valence-corrected chi connectivity index (χ0v) is 15.6. The quantitative estimate of drug-likeness (QED) is 0.442. The molecule has 1 aliphatic rings. The molecular weight excluding hydrogens is 366 g/mol. The van der Waals surface area contributed by atoms with Gasteiger partial charge in [-0.15, -0.1) is 0 Å². The molecule has 0 radical (unpaired) electrons. The molecule has 1 aliphatic heterocycles. The van der Waals surface area contributed by atoms with E-state index in [1.165, 1.54) is 0 Å². The van der Waals surface area contributed by atoms with Crippen molar-refractivity contribution in [3.05, 3.63) is 46.9 Å². The summed E-state index contributed by atoms with van der Waals surface area (Å²) in [5.41, 5.74) is 0.845. The van der Waals surface area contributed by atoms with Gasteiger partial charge in [0.2, 0.25) is 0 Å². The zero-order chi connectivity index (χ0) is 19.2. The van der Waals surface area contributed by atoms with Gasteiger partial charge in [-0.05, 0) is 65.7 Å². The van der Waals surface area contributed by atoms with Crippen molar-refractivity contribution in [1.29, 1.82) is 0 Å². The monoisotopic (exact) mass is 385 g/mol. The Morgan fingerprint density at radius 3 is 2.67 bits per heavy atom. The number of imide groups is 1. The average Bonchev–Trinajstić information content (AvgIpc) is 2.96. The molecule has 2 aromatic rings. The summed E-state index contributed by atoms with van der Waals surface area (Å²) in [6, 6.07) is 11.5. The molecule has 3 rings (SSSR count). The molecular formula is C20H19NO5S. The van der Waals surface area contributed by atoms with E-state index in [9.17, 15) is 14.4 Å². The highest BCUT2D eigenvalue weighted by Gasteiger charge is 2.24. The van der Waals surface area contributed by atoms with E-state index in [0.717, 1.165) is 33.8 Å². The van der Waals surface area contributed by atoms with E-state index < -0.39 is 0 Å². The van der Waals surface area contributed by atoms with Crippen LogP contribution in [0.25, 0.3) is 16.8 Å². The van der Waals surface area contributed by atoms with E-state index >= 15 is 0 Å². The molecule has 0 spiro atoms. The lowest BCUT2D eigenvalue weighted by molar-refractivity contribution is -0.143. The second-order valence-corrected chi connectivity index (χ2v) is 6.89. The molecule has 0 aromatic heterocycles. The fourth-order valence-electron chi connectivity index (χ4n) is 2.63. The Morgan fingerprint density at radius 1 is 1.15 bits per heavy atom. The van der Waals surface area contributed by atoms with E-state index in [-0.39, 0.29) is 17.1 Å². The molecule has 1 saturated heterocycles. The predicted molar refractivity (Wildman–Crippen MR) is 104 cm³/mol. The van der Waals surface area contributed by atoms with Crippen LogP contribution in [0.1, 0.15) is 25.3 Å². The molecule has 1 fully saturated rings. The molecule has 0 aliphatic carbocycles. The predicted octanol–water partition coefficient (Wildman–Crippen LogP) is 3.89. The van der Waals surface area contributed by atoms with Crippen LogP contribution in [-0.2, 0) is 14.3 Å². The summed E-state index contributed by atoms with van der Waals surface area (Å²) < 4.78 is 10.6. The van der Waals surface area contributed by atoms with Gasteiger partial charge < -0.3 is 9.47 Å². The van der Waals surface area contributed by atoms with Crippen molar-refractivity contribution in [3.8, 4) is 5.75 Å². The van der Waals surface area contributed by atoms with Crippen molar-refractivity contribution < 1.29 is 23.9 Å². The van der Waals surface area contributed by atoms with Gasteiger partial charge in [0.15, 0.2) is 0 Å². The lowest BCUT2D eigenvalue weighted by Gasteiger charge is -2.08. The zero-order valence-electron chi connectivity index (χ0n) is 14.8. The van der Waals surface area contributed by atoms with Gasteiger partial charge in [0.25, 0.3) is 11.1 Å². The maximum atomic E-state index is 11.6. The highest BCUT2D eigenvalue weighted by Crippen LogP contribution is 2.28. The van der Waals surface area contributed by atoms with Gasteiger partial charge in [-0.2, -0.15) is 0 Å². The van der Waals surface area contributed by atoms with Crippen molar-refractivity contribution in [1.82, 2.24) is 5.32 Å². The van der Waals surface area contributed by atoms with E-state index in [4.69, 9.17) is 9.47 Å². The smallest absolute Gasteiger partial charge is 0.305 e. The summed E-state index contributed by atoms with van der Waals surface area (Å²) in [7, 11) is 0. The van der Waals surface area contributed by atoms with Crippen LogP contribution in [0.3, 0.4) is 0 Å². The number of esters is 1. The second kappa shape index (κ2) is 8.73. The number of amides is 2. The normalized spacial score (nSPS) is 15.2. The van der Waals surface area contributed by atoms with Crippen LogP contribution >= 0.6 is 11.8 Å². The summed E-state index contributed by atoms with van der Waals surface area (Å²) >= 11 is 0.901. The molecule has 2 amide bonds. The van der Waals surface area contributed by atoms with Crippen molar-refractivity contribution >= 4 is 45.7 Å². The molecule has 1 N–H and O–H groups in total. The first-order chi connectivity index (χ1) is 13.0. The van der Waals surface area contributed by atoms with Crippen molar-refractivity contribution in [2.45, 2.75) is 19.8 Å². The number of fused-ring (bicyclic) bond motifs is 1. The number of hydrogen-bond donors (Lipinski definition) is 1. The number of ether oxygens (including phenoxy) is 2. The van der Waals surface area contributed by atoms with Crippen LogP contribution < -0.4 is 10.1 Å². The maximum absolute atomic E-state index is 11.6. The number of thioether (sulfide) groups is 1. The molecule has 0 atom stereocenters. The number of rotatable bonds is 7. The molecule has 140 valence electrons. The number of hydrogen-bond acceptors (Lipinski definition) is 6.